The Hall–Kier alpha value is -0.480. The van der Waals surface area contributed by atoms with E-state index >= 15 is 0 Å². The molecule has 1 aliphatic carbocycles. The Balaban J connectivity index is 1.92. The van der Waals surface area contributed by atoms with Gasteiger partial charge < -0.3 is 5.32 Å². The van der Waals surface area contributed by atoms with E-state index in [2.05, 4.69) is 17.6 Å². The Morgan fingerprint density at radius 2 is 2.33 bits per heavy atom. The fourth-order valence-corrected chi connectivity index (χ4v) is 3.98. The molecule has 0 amide bonds. The highest BCUT2D eigenvalue weighted by Crippen LogP contribution is 2.34. The molecule has 0 spiro atoms. The zero-order valence-electron chi connectivity index (χ0n) is 10.8. The standard InChI is InChI=1S/C14H21F2NS/c1-2-3-10-4-5-12-11(7-17-8-14(15)16)9-18-13(12)6-10/h9-10,14,17H,2-8H2,1H3. The first-order valence-electron chi connectivity index (χ1n) is 6.77. The fraction of sp³-hybridized carbons (Fsp3) is 0.714. The first-order valence-corrected chi connectivity index (χ1v) is 7.65. The normalized spacial score (nSPS) is 19.2. The largest absolute Gasteiger partial charge is 0.307 e. The quantitative estimate of drug-likeness (QED) is 0.826. The zero-order chi connectivity index (χ0) is 13.0. The Labute approximate surface area is 112 Å². The van der Waals surface area contributed by atoms with Crippen molar-refractivity contribution in [3.63, 3.8) is 0 Å². The average molecular weight is 273 g/mol. The minimum absolute atomic E-state index is 0.205. The van der Waals surface area contributed by atoms with Crippen LogP contribution in [0.1, 0.15) is 42.2 Å². The predicted octanol–water partition coefficient (Wildman–Crippen LogP) is 4.01. The van der Waals surface area contributed by atoms with Gasteiger partial charge in [0.1, 0.15) is 0 Å². The first-order chi connectivity index (χ1) is 8.70. The van der Waals surface area contributed by atoms with Gasteiger partial charge >= 0.3 is 0 Å². The van der Waals surface area contributed by atoms with Gasteiger partial charge in [-0.1, -0.05) is 19.8 Å². The minimum Gasteiger partial charge on any atom is -0.307 e. The molecule has 18 heavy (non-hydrogen) atoms. The summed E-state index contributed by atoms with van der Waals surface area (Å²) < 4.78 is 24.2. The van der Waals surface area contributed by atoms with Crippen molar-refractivity contribution < 1.29 is 8.78 Å². The second kappa shape index (κ2) is 6.62. The van der Waals surface area contributed by atoms with Crippen LogP contribution in [-0.2, 0) is 19.4 Å². The summed E-state index contributed by atoms with van der Waals surface area (Å²) in [5.74, 6) is 0.836. The molecule has 0 bridgehead atoms. The van der Waals surface area contributed by atoms with Crippen molar-refractivity contribution in [2.45, 2.75) is 52.0 Å². The topological polar surface area (TPSA) is 12.0 Å². The highest BCUT2D eigenvalue weighted by atomic mass is 32.1. The molecule has 1 aromatic rings. The molecule has 0 fully saturated rings. The van der Waals surface area contributed by atoms with Crippen molar-refractivity contribution in [1.82, 2.24) is 5.32 Å². The molecule has 1 nitrogen and oxygen atoms in total. The fourth-order valence-electron chi connectivity index (χ4n) is 2.77. The highest BCUT2D eigenvalue weighted by molar-refractivity contribution is 7.10. The van der Waals surface area contributed by atoms with Crippen LogP contribution in [0.25, 0.3) is 0 Å². The maximum Gasteiger partial charge on any atom is 0.250 e. The lowest BCUT2D eigenvalue weighted by atomic mass is 9.85. The summed E-state index contributed by atoms with van der Waals surface area (Å²) in [6.07, 6.45) is 3.91. The Morgan fingerprint density at radius 3 is 3.06 bits per heavy atom. The van der Waals surface area contributed by atoms with E-state index in [4.69, 9.17) is 0 Å². The van der Waals surface area contributed by atoms with Gasteiger partial charge in [-0.05, 0) is 41.7 Å². The van der Waals surface area contributed by atoms with Crippen LogP contribution in [0.4, 0.5) is 8.78 Å². The predicted molar refractivity (Wildman–Crippen MR) is 72.5 cm³/mol. The Kier molecular flexibility index (Phi) is 5.13. The molecule has 2 rings (SSSR count). The molecule has 1 aromatic heterocycles. The van der Waals surface area contributed by atoms with Gasteiger partial charge in [-0.15, -0.1) is 11.3 Å². The lowest BCUT2D eigenvalue weighted by Gasteiger charge is -2.22. The number of halogens is 2. The lowest BCUT2D eigenvalue weighted by molar-refractivity contribution is 0.145. The minimum atomic E-state index is -2.26. The van der Waals surface area contributed by atoms with E-state index in [-0.39, 0.29) is 6.54 Å². The Bertz CT molecular complexity index is 376. The van der Waals surface area contributed by atoms with E-state index in [1.165, 1.54) is 41.7 Å². The second-order valence-corrected chi connectivity index (χ2v) is 6.05. The number of nitrogens with one attached hydrogen (secondary N) is 1. The maximum atomic E-state index is 12.1. The third-order valence-electron chi connectivity index (χ3n) is 3.66. The number of fused-ring (bicyclic) bond motifs is 1. The van der Waals surface area contributed by atoms with Crippen LogP contribution in [0.2, 0.25) is 0 Å². The Morgan fingerprint density at radius 1 is 1.50 bits per heavy atom. The smallest absolute Gasteiger partial charge is 0.250 e. The van der Waals surface area contributed by atoms with Gasteiger partial charge in [-0.2, -0.15) is 0 Å². The molecule has 1 heterocycles. The van der Waals surface area contributed by atoms with Gasteiger partial charge in [0.25, 0.3) is 6.43 Å². The zero-order valence-corrected chi connectivity index (χ0v) is 11.7. The summed E-state index contributed by atoms with van der Waals surface area (Å²) in [6.45, 7) is 2.63. The summed E-state index contributed by atoms with van der Waals surface area (Å²) in [5, 5.41) is 4.98. The van der Waals surface area contributed by atoms with Crippen molar-refractivity contribution >= 4 is 11.3 Å². The van der Waals surface area contributed by atoms with Crippen LogP contribution in [0, 0.1) is 5.92 Å². The molecule has 1 N–H and O–H groups in total. The van der Waals surface area contributed by atoms with Crippen molar-refractivity contribution in [3.05, 3.63) is 21.4 Å². The van der Waals surface area contributed by atoms with E-state index in [9.17, 15) is 8.78 Å². The molecule has 0 aromatic carbocycles. The van der Waals surface area contributed by atoms with Gasteiger partial charge in [-0.25, -0.2) is 8.78 Å². The summed E-state index contributed by atoms with van der Waals surface area (Å²) in [4.78, 5) is 1.49. The summed E-state index contributed by atoms with van der Waals surface area (Å²) in [6, 6.07) is 0. The molecule has 102 valence electrons. The van der Waals surface area contributed by atoms with E-state index in [0.717, 1.165) is 12.3 Å². The third-order valence-corrected chi connectivity index (χ3v) is 4.76. The van der Waals surface area contributed by atoms with Crippen LogP contribution >= 0.6 is 11.3 Å². The lowest BCUT2D eigenvalue weighted by Crippen LogP contribution is -2.21. The van der Waals surface area contributed by atoms with Crippen LogP contribution in [-0.4, -0.2) is 13.0 Å². The van der Waals surface area contributed by atoms with Gasteiger partial charge in [0, 0.05) is 11.4 Å². The maximum absolute atomic E-state index is 12.1. The molecule has 0 saturated heterocycles. The van der Waals surface area contributed by atoms with Crippen LogP contribution < -0.4 is 5.32 Å². The molecule has 1 atom stereocenters. The molecule has 4 heteroatoms. The van der Waals surface area contributed by atoms with E-state index in [1.807, 2.05) is 11.3 Å². The molecule has 1 aliphatic rings. The number of rotatable bonds is 6. The van der Waals surface area contributed by atoms with Gasteiger partial charge in [0.2, 0.25) is 0 Å². The highest BCUT2D eigenvalue weighted by Gasteiger charge is 2.21. The third kappa shape index (κ3) is 3.51. The molecule has 0 radical (unpaired) electrons. The van der Waals surface area contributed by atoms with E-state index in [0.29, 0.717) is 6.54 Å². The van der Waals surface area contributed by atoms with Crippen LogP contribution in [0.5, 0.6) is 0 Å². The number of hydrogen-bond donors (Lipinski definition) is 1. The van der Waals surface area contributed by atoms with Crippen molar-refractivity contribution in [2.75, 3.05) is 6.54 Å². The van der Waals surface area contributed by atoms with Crippen LogP contribution in [0.3, 0.4) is 0 Å². The molecular weight excluding hydrogens is 252 g/mol. The first kappa shape index (κ1) is 13.9. The molecular formula is C14H21F2NS. The molecule has 0 aliphatic heterocycles. The summed E-state index contributed by atoms with van der Waals surface area (Å²) >= 11 is 1.81. The average Bonchev–Trinajstić information content (AvgIpc) is 2.72. The van der Waals surface area contributed by atoms with Crippen molar-refractivity contribution in [1.29, 1.82) is 0 Å². The summed E-state index contributed by atoms with van der Waals surface area (Å²) in [7, 11) is 0. The summed E-state index contributed by atoms with van der Waals surface area (Å²) in [5.41, 5.74) is 2.68. The number of alkyl halides is 2. The van der Waals surface area contributed by atoms with Crippen molar-refractivity contribution in [2.24, 2.45) is 5.92 Å². The number of thiophene rings is 1. The van der Waals surface area contributed by atoms with Gasteiger partial charge in [0.05, 0.1) is 6.54 Å². The van der Waals surface area contributed by atoms with E-state index < -0.39 is 6.43 Å². The SMILES string of the molecule is CCCC1CCc2c(CNCC(F)F)csc2C1. The number of hydrogen-bond acceptors (Lipinski definition) is 2. The van der Waals surface area contributed by atoms with Crippen LogP contribution in [0.15, 0.2) is 5.38 Å². The molecule has 1 unspecified atom stereocenters. The second-order valence-electron chi connectivity index (χ2n) is 5.08. The monoisotopic (exact) mass is 273 g/mol. The van der Waals surface area contributed by atoms with Crippen molar-refractivity contribution in [3.8, 4) is 0 Å². The van der Waals surface area contributed by atoms with Gasteiger partial charge in [0.15, 0.2) is 0 Å². The van der Waals surface area contributed by atoms with Gasteiger partial charge in [-0.3, -0.25) is 0 Å². The molecule has 0 saturated carbocycles. The van der Waals surface area contributed by atoms with E-state index in [1.54, 1.807) is 0 Å².